The van der Waals surface area contributed by atoms with Crippen LogP contribution in [0.2, 0.25) is 12.1 Å². The van der Waals surface area contributed by atoms with Crippen LogP contribution < -0.4 is 0 Å². The van der Waals surface area contributed by atoms with Crippen LogP contribution in [0.3, 0.4) is 0 Å². The Hall–Kier alpha value is -1.39. The van der Waals surface area contributed by atoms with Crippen LogP contribution in [0.4, 0.5) is 0 Å². The molecular weight excluding hydrogens is 468 g/mol. The maximum Gasteiger partial charge on any atom is 0.501 e. The minimum Gasteiger partial charge on any atom is -0.463 e. The number of ether oxygens (including phenoxy) is 2. The second-order valence-electron chi connectivity index (χ2n) is 6.23. The van der Waals surface area contributed by atoms with Crippen molar-refractivity contribution in [2.24, 2.45) is 0 Å². The van der Waals surface area contributed by atoms with E-state index in [2.05, 4.69) is 13.2 Å². The Morgan fingerprint density at radius 2 is 1.00 bits per heavy atom. The Morgan fingerprint density at radius 1 is 0.667 bits per heavy atom. The van der Waals surface area contributed by atoms with Crippen molar-refractivity contribution in [1.29, 1.82) is 0 Å². The third-order valence-corrected chi connectivity index (χ3v) is 10.1. The fraction of sp³-hybridized carbons (Fsp3) is 0.714. The van der Waals surface area contributed by atoms with Crippen LogP contribution in [-0.4, -0.2) is 83.9 Å². The molecule has 194 valence electrons. The van der Waals surface area contributed by atoms with Gasteiger partial charge in [0.25, 0.3) is 0 Å². The summed E-state index contributed by atoms with van der Waals surface area (Å²) in [5.41, 5.74) is 0. The molecule has 0 spiro atoms. The topological polar surface area (TPSA) is 108 Å². The smallest absolute Gasteiger partial charge is 0.463 e. The highest BCUT2D eigenvalue weighted by atomic mass is 28.4. The molecule has 33 heavy (non-hydrogen) atoms. The quantitative estimate of drug-likeness (QED) is 0.111. The fourth-order valence-electron chi connectivity index (χ4n) is 2.60. The van der Waals surface area contributed by atoms with Crippen LogP contribution in [0.5, 0.6) is 0 Å². The van der Waals surface area contributed by atoms with Gasteiger partial charge in [0.15, 0.2) is 0 Å². The number of carbonyl (C=O) groups is 2. The Kier molecular flexibility index (Phi) is 21.7. The summed E-state index contributed by atoms with van der Waals surface area (Å²) in [7, 11) is -0.460. The zero-order valence-electron chi connectivity index (χ0n) is 21.0. The van der Waals surface area contributed by atoms with Crippen molar-refractivity contribution >= 4 is 29.5 Å². The molecule has 0 aliphatic rings. The van der Waals surface area contributed by atoms with Crippen LogP contribution in [0.15, 0.2) is 25.3 Å². The van der Waals surface area contributed by atoms with Crippen molar-refractivity contribution in [1.82, 2.24) is 0 Å². The van der Waals surface area contributed by atoms with Crippen molar-refractivity contribution in [3.05, 3.63) is 25.3 Å². The first kappa shape index (κ1) is 33.8. The van der Waals surface area contributed by atoms with E-state index in [1.807, 2.05) is 20.8 Å². The van der Waals surface area contributed by atoms with Gasteiger partial charge in [-0.1, -0.05) is 13.2 Å². The molecule has 0 aliphatic heterocycles. The van der Waals surface area contributed by atoms with Gasteiger partial charge in [-0.3, -0.25) is 0 Å². The van der Waals surface area contributed by atoms with E-state index in [1.165, 1.54) is 0 Å². The Morgan fingerprint density at radius 3 is 1.27 bits per heavy atom. The van der Waals surface area contributed by atoms with Crippen molar-refractivity contribution in [3.63, 3.8) is 0 Å². The highest BCUT2D eigenvalue weighted by Gasteiger charge is 2.39. The molecule has 12 heteroatoms. The molecule has 0 saturated heterocycles. The third kappa shape index (κ3) is 16.0. The van der Waals surface area contributed by atoms with E-state index in [-0.39, 0.29) is 0 Å². The lowest BCUT2D eigenvalue weighted by Gasteiger charge is -2.28. The normalized spacial score (nSPS) is 11.2. The molecule has 0 amide bonds. The van der Waals surface area contributed by atoms with Crippen LogP contribution in [-0.2, 0) is 45.6 Å². The van der Waals surface area contributed by atoms with Crippen LogP contribution in [0.25, 0.3) is 0 Å². The molecule has 0 saturated carbocycles. The van der Waals surface area contributed by atoms with E-state index >= 15 is 0 Å². The molecule has 0 atom stereocenters. The van der Waals surface area contributed by atoms with Crippen LogP contribution >= 0.6 is 0 Å². The molecule has 0 aromatic heterocycles. The molecule has 0 fully saturated rings. The first-order valence-electron chi connectivity index (χ1n) is 10.9. The summed E-state index contributed by atoms with van der Waals surface area (Å²) >= 11 is 0. The monoisotopic (exact) mass is 510 g/mol. The maximum absolute atomic E-state index is 10.9. The van der Waals surface area contributed by atoms with Gasteiger partial charge in [0.05, 0.1) is 13.2 Å². The van der Waals surface area contributed by atoms with Crippen molar-refractivity contribution < 1.29 is 45.6 Å². The van der Waals surface area contributed by atoms with E-state index < -0.39 is 29.5 Å². The van der Waals surface area contributed by atoms with E-state index in [1.54, 1.807) is 21.3 Å². The summed E-state index contributed by atoms with van der Waals surface area (Å²) in [4.78, 5) is 21.6. The molecular formula is C21H42O10Si2. The minimum atomic E-state index is -2.59. The summed E-state index contributed by atoms with van der Waals surface area (Å²) in [5, 5.41) is 0. The van der Waals surface area contributed by atoms with E-state index in [0.717, 1.165) is 12.2 Å². The zero-order valence-corrected chi connectivity index (χ0v) is 23.0. The Labute approximate surface area is 200 Å². The Balaban J connectivity index is 0. The van der Waals surface area contributed by atoms with Crippen molar-refractivity contribution in [2.45, 2.75) is 45.7 Å². The van der Waals surface area contributed by atoms with Gasteiger partial charge in [0.1, 0.15) is 0 Å². The van der Waals surface area contributed by atoms with Gasteiger partial charge in [-0.2, -0.15) is 0 Å². The van der Waals surface area contributed by atoms with Gasteiger partial charge in [-0.15, -0.1) is 0 Å². The summed E-state index contributed by atoms with van der Waals surface area (Å²) in [5.74, 6) is -0.832. The van der Waals surface area contributed by atoms with Crippen molar-refractivity contribution in [3.8, 4) is 0 Å². The van der Waals surface area contributed by atoms with Crippen LogP contribution in [0, 0.1) is 0 Å². The highest BCUT2D eigenvalue weighted by Crippen LogP contribution is 2.18. The van der Waals surface area contributed by atoms with Crippen LogP contribution in [0.1, 0.15) is 33.6 Å². The summed E-state index contributed by atoms with van der Waals surface area (Å²) in [6, 6.07) is 1.26. The van der Waals surface area contributed by atoms with E-state index in [9.17, 15) is 9.59 Å². The second kappa shape index (κ2) is 21.2. The first-order valence-corrected chi connectivity index (χ1v) is 14.8. The molecule has 0 N–H and O–H groups in total. The standard InChI is InChI=1S/C12H24O5Si.C9H18O5Si/c1-5-12(13)14-10-9-11-18(15-6-2,16-7-3)17-8-4;1-5-9(10)14-7-6-8-15(11-2,12-3)13-4/h5H,1,6-11H2,2-4H3;5H,1,6-8H2,2-4H3. The molecule has 0 unspecified atom stereocenters. The van der Waals surface area contributed by atoms with Gasteiger partial charge in [0.2, 0.25) is 0 Å². The third-order valence-electron chi connectivity index (χ3n) is 4.10. The summed E-state index contributed by atoms with van der Waals surface area (Å²) in [6.45, 7) is 14.7. The van der Waals surface area contributed by atoms with Gasteiger partial charge in [0, 0.05) is 65.4 Å². The minimum absolute atomic E-state index is 0.315. The van der Waals surface area contributed by atoms with Gasteiger partial charge >= 0.3 is 29.5 Å². The molecule has 0 aromatic carbocycles. The molecule has 0 bridgehead atoms. The SMILES string of the molecule is C=CC(=O)OCCC[Si](OC)(OC)OC.C=CC(=O)OCCC[Si](OCC)(OCC)OCC. The second-order valence-corrected chi connectivity index (χ2v) is 12.1. The molecule has 0 aromatic rings. The number of hydrogen-bond acceptors (Lipinski definition) is 10. The molecule has 10 nitrogen and oxygen atoms in total. The molecule has 0 aliphatic carbocycles. The maximum atomic E-state index is 10.9. The summed E-state index contributed by atoms with van der Waals surface area (Å²) < 4.78 is 42.4. The Bertz CT molecular complexity index is 516. The first-order chi connectivity index (χ1) is 15.8. The van der Waals surface area contributed by atoms with E-state index in [0.29, 0.717) is 58.0 Å². The fourth-order valence-corrected chi connectivity index (χ4v) is 6.87. The number of hydrogen-bond donors (Lipinski definition) is 0. The lowest BCUT2D eigenvalue weighted by Crippen LogP contribution is -2.46. The number of rotatable bonds is 19. The van der Waals surface area contributed by atoms with Gasteiger partial charge in [-0.05, 0) is 33.6 Å². The predicted octanol–water partition coefficient (Wildman–Crippen LogP) is 3.14. The lowest BCUT2D eigenvalue weighted by atomic mass is 10.5. The molecule has 0 heterocycles. The zero-order chi connectivity index (χ0) is 25.6. The number of esters is 2. The summed E-state index contributed by atoms with van der Waals surface area (Å²) in [6.07, 6.45) is 3.58. The van der Waals surface area contributed by atoms with Crippen molar-refractivity contribution in [2.75, 3.05) is 54.4 Å². The van der Waals surface area contributed by atoms with E-state index in [4.69, 9.17) is 36.0 Å². The average molecular weight is 511 g/mol. The predicted molar refractivity (Wildman–Crippen MR) is 129 cm³/mol. The van der Waals surface area contributed by atoms with Gasteiger partial charge < -0.3 is 36.0 Å². The molecule has 0 radical (unpaired) electrons. The average Bonchev–Trinajstić information content (AvgIpc) is 2.83. The largest absolute Gasteiger partial charge is 0.501 e. The van der Waals surface area contributed by atoms with Gasteiger partial charge in [-0.25, -0.2) is 9.59 Å². The number of carbonyl (C=O) groups excluding carboxylic acids is 2. The lowest BCUT2D eigenvalue weighted by molar-refractivity contribution is -0.138. The highest BCUT2D eigenvalue weighted by molar-refractivity contribution is 6.61. The molecule has 0 rings (SSSR count).